The third-order valence-electron chi connectivity index (χ3n) is 5.60. The molecule has 1 aliphatic rings. The SMILES string of the molecule is Cc1c(OC(=O)Cc2ccc(Cl)cc2)ccc2c1O/C(=C\c1ccc(C(C)(C)C)cc1)C2=O. The van der Waals surface area contributed by atoms with Gasteiger partial charge in [-0.3, -0.25) is 9.59 Å². The van der Waals surface area contributed by atoms with E-state index in [9.17, 15) is 9.59 Å². The average molecular weight is 461 g/mol. The van der Waals surface area contributed by atoms with Crippen LogP contribution in [0.1, 0.15) is 53.4 Å². The van der Waals surface area contributed by atoms with Crippen molar-refractivity contribution in [3.8, 4) is 11.5 Å². The Bertz CT molecular complexity index is 1250. The molecule has 1 aliphatic heterocycles. The number of carbonyl (C=O) groups is 2. The van der Waals surface area contributed by atoms with Crippen LogP contribution in [0.2, 0.25) is 5.02 Å². The maximum Gasteiger partial charge on any atom is 0.315 e. The summed E-state index contributed by atoms with van der Waals surface area (Å²) in [7, 11) is 0. The Morgan fingerprint density at radius 2 is 1.67 bits per heavy atom. The summed E-state index contributed by atoms with van der Waals surface area (Å²) in [6.45, 7) is 8.24. The summed E-state index contributed by atoms with van der Waals surface area (Å²) < 4.78 is 11.5. The summed E-state index contributed by atoms with van der Waals surface area (Å²) in [6.07, 6.45) is 1.85. The van der Waals surface area contributed by atoms with Crippen LogP contribution in [0.4, 0.5) is 0 Å². The standard InChI is InChI=1S/C28H25ClO4/c1-17-23(32-25(30)16-19-7-11-21(29)12-8-19)14-13-22-26(31)24(33-27(17)22)15-18-5-9-20(10-6-18)28(2,3)4/h5-15H,16H2,1-4H3/b24-15-. The summed E-state index contributed by atoms with van der Waals surface area (Å²) in [6, 6.07) is 18.4. The van der Waals surface area contributed by atoms with Crippen molar-refractivity contribution in [3.63, 3.8) is 0 Å². The number of hydrogen-bond acceptors (Lipinski definition) is 4. The van der Waals surface area contributed by atoms with Crippen molar-refractivity contribution >= 4 is 29.4 Å². The zero-order chi connectivity index (χ0) is 23.8. The van der Waals surface area contributed by atoms with Gasteiger partial charge in [-0.1, -0.05) is 68.8 Å². The van der Waals surface area contributed by atoms with E-state index in [0.717, 1.165) is 11.1 Å². The maximum atomic E-state index is 12.9. The van der Waals surface area contributed by atoms with Crippen molar-refractivity contribution < 1.29 is 19.1 Å². The molecule has 33 heavy (non-hydrogen) atoms. The van der Waals surface area contributed by atoms with Crippen LogP contribution in [-0.2, 0) is 16.6 Å². The van der Waals surface area contributed by atoms with E-state index in [4.69, 9.17) is 21.1 Å². The van der Waals surface area contributed by atoms with Gasteiger partial charge in [0.25, 0.3) is 0 Å². The van der Waals surface area contributed by atoms with Gasteiger partial charge < -0.3 is 9.47 Å². The number of fused-ring (bicyclic) bond motifs is 1. The minimum atomic E-state index is -0.403. The second kappa shape index (κ2) is 8.87. The van der Waals surface area contributed by atoms with Gasteiger partial charge in [-0.25, -0.2) is 0 Å². The van der Waals surface area contributed by atoms with Gasteiger partial charge in [0, 0.05) is 10.6 Å². The molecule has 3 aromatic carbocycles. The highest BCUT2D eigenvalue weighted by molar-refractivity contribution is 6.30. The number of benzene rings is 3. The van der Waals surface area contributed by atoms with E-state index < -0.39 is 5.97 Å². The van der Waals surface area contributed by atoms with Crippen molar-refractivity contribution in [1.29, 1.82) is 0 Å². The number of carbonyl (C=O) groups excluding carboxylic acids is 2. The molecule has 0 N–H and O–H groups in total. The maximum absolute atomic E-state index is 12.9. The number of esters is 1. The molecule has 5 heteroatoms. The number of ketones is 1. The van der Waals surface area contributed by atoms with Crippen LogP contribution in [0, 0.1) is 6.92 Å². The lowest BCUT2D eigenvalue weighted by Crippen LogP contribution is -2.12. The quantitative estimate of drug-likeness (QED) is 0.246. The van der Waals surface area contributed by atoms with Crippen molar-refractivity contribution in [3.05, 3.63) is 99.3 Å². The molecule has 0 aromatic heterocycles. The molecule has 0 saturated carbocycles. The first-order valence-corrected chi connectivity index (χ1v) is 11.1. The summed E-state index contributed by atoms with van der Waals surface area (Å²) in [4.78, 5) is 25.3. The molecule has 0 saturated heterocycles. The third kappa shape index (κ3) is 5.01. The first-order valence-electron chi connectivity index (χ1n) is 10.8. The Morgan fingerprint density at radius 1 is 1.00 bits per heavy atom. The van der Waals surface area contributed by atoms with Crippen LogP contribution in [0.5, 0.6) is 11.5 Å². The lowest BCUT2D eigenvalue weighted by molar-refractivity contribution is -0.133. The molecule has 4 nitrogen and oxygen atoms in total. The average Bonchev–Trinajstić information content (AvgIpc) is 3.08. The van der Waals surface area contributed by atoms with E-state index in [1.54, 1.807) is 49.4 Å². The smallest absolute Gasteiger partial charge is 0.315 e. The Balaban J connectivity index is 1.51. The van der Waals surface area contributed by atoms with Gasteiger partial charge in [0.15, 0.2) is 5.76 Å². The van der Waals surface area contributed by atoms with Gasteiger partial charge >= 0.3 is 5.97 Å². The largest absolute Gasteiger partial charge is 0.452 e. The molecule has 4 rings (SSSR count). The number of hydrogen-bond donors (Lipinski definition) is 0. The van der Waals surface area contributed by atoms with Crippen LogP contribution in [0.25, 0.3) is 6.08 Å². The van der Waals surface area contributed by atoms with E-state index in [-0.39, 0.29) is 23.4 Å². The Morgan fingerprint density at radius 3 is 2.30 bits per heavy atom. The Hall–Kier alpha value is -3.37. The van der Waals surface area contributed by atoms with E-state index in [1.807, 2.05) is 12.1 Å². The van der Waals surface area contributed by atoms with Gasteiger partial charge in [0.1, 0.15) is 11.5 Å². The van der Waals surface area contributed by atoms with E-state index in [2.05, 4.69) is 32.9 Å². The van der Waals surface area contributed by atoms with Crippen LogP contribution in [-0.4, -0.2) is 11.8 Å². The highest BCUT2D eigenvalue weighted by Gasteiger charge is 2.30. The Labute approximate surface area is 198 Å². The molecule has 0 aliphatic carbocycles. The first kappa shape index (κ1) is 22.8. The molecule has 0 fully saturated rings. The highest BCUT2D eigenvalue weighted by atomic mass is 35.5. The summed E-state index contributed by atoms with van der Waals surface area (Å²) in [5.41, 5.74) is 4.02. The number of rotatable bonds is 4. The molecule has 0 amide bonds. The third-order valence-corrected chi connectivity index (χ3v) is 5.85. The van der Waals surface area contributed by atoms with Crippen molar-refractivity contribution in [1.82, 2.24) is 0 Å². The zero-order valence-electron chi connectivity index (χ0n) is 19.1. The highest BCUT2D eigenvalue weighted by Crippen LogP contribution is 2.39. The topological polar surface area (TPSA) is 52.6 Å². The molecular weight excluding hydrogens is 436 g/mol. The Kier molecular flexibility index (Phi) is 6.13. The fourth-order valence-corrected chi connectivity index (χ4v) is 3.76. The normalized spacial score (nSPS) is 14.2. The monoisotopic (exact) mass is 460 g/mol. The second-order valence-electron chi connectivity index (χ2n) is 9.15. The lowest BCUT2D eigenvalue weighted by Gasteiger charge is -2.18. The molecule has 0 unspecified atom stereocenters. The van der Waals surface area contributed by atoms with Gasteiger partial charge in [-0.15, -0.1) is 0 Å². The minimum Gasteiger partial charge on any atom is -0.452 e. The predicted molar refractivity (Wildman–Crippen MR) is 130 cm³/mol. The van der Waals surface area contributed by atoms with Gasteiger partial charge in [-0.05, 0) is 59.4 Å². The lowest BCUT2D eigenvalue weighted by atomic mass is 9.86. The van der Waals surface area contributed by atoms with Crippen molar-refractivity contribution in [2.75, 3.05) is 0 Å². The fourth-order valence-electron chi connectivity index (χ4n) is 3.64. The molecule has 1 heterocycles. The fraction of sp³-hybridized carbons (Fsp3) is 0.214. The molecule has 0 atom stereocenters. The molecule has 0 spiro atoms. The van der Waals surface area contributed by atoms with Crippen molar-refractivity contribution in [2.24, 2.45) is 0 Å². The minimum absolute atomic E-state index is 0.0556. The number of ether oxygens (including phenoxy) is 2. The van der Waals surface area contributed by atoms with Crippen LogP contribution in [0.3, 0.4) is 0 Å². The first-order chi connectivity index (χ1) is 15.6. The van der Waals surface area contributed by atoms with Crippen LogP contribution < -0.4 is 9.47 Å². The molecule has 0 bridgehead atoms. The molecule has 3 aromatic rings. The summed E-state index contributed by atoms with van der Waals surface area (Å²) >= 11 is 5.89. The van der Waals surface area contributed by atoms with Crippen LogP contribution in [0.15, 0.2) is 66.4 Å². The summed E-state index contributed by atoms with van der Waals surface area (Å²) in [5.74, 6) is 0.457. The predicted octanol–water partition coefficient (Wildman–Crippen LogP) is 6.71. The summed E-state index contributed by atoms with van der Waals surface area (Å²) in [5, 5.41) is 0.609. The van der Waals surface area contributed by atoms with E-state index >= 15 is 0 Å². The van der Waals surface area contributed by atoms with Gasteiger partial charge in [-0.2, -0.15) is 0 Å². The van der Waals surface area contributed by atoms with E-state index in [1.165, 1.54) is 5.56 Å². The molecular formula is C28H25ClO4. The number of Topliss-reactive ketones (excluding diaryl/α,β-unsaturated/α-hetero) is 1. The van der Waals surface area contributed by atoms with Crippen molar-refractivity contribution in [2.45, 2.75) is 39.5 Å². The molecule has 168 valence electrons. The van der Waals surface area contributed by atoms with Gasteiger partial charge in [0.05, 0.1) is 12.0 Å². The number of halogens is 1. The van der Waals surface area contributed by atoms with E-state index in [0.29, 0.717) is 27.6 Å². The number of allylic oxidation sites excluding steroid dienone is 1. The second-order valence-corrected chi connectivity index (χ2v) is 9.59. The van der Waals surface area contributed by atoms with Crippen LogP contribution >= 0.6 is 11.6 Å². The molecule has 0 radical (unpaired) electrons. The van der Waals surface area contributed by atoms with Gasteiger partial charge in [0.2, 0.25) is 5.78 Å². The zero-order valence-corrected chi connectivity index (χ0v) is 19.8.